The summed E-state index contributed by atoms with van der Waals surface area (Å²) >= 11 is 0. The lowest BCUT2D eigenvalue weighted by Crippen LogP contribution is -2.05. The zero-order valence-corrected chi connectivity index (χ0v) is 20.4. The van der Waals surface area contributed by atoms with E-state index in [1.54, 1.807) is 23.3 Å². The third-order valence-corrected chi connectivity index (χ3v) is 4.05. The molecule has 0 radical (unpaired) electrons. The molecule has 172 valence electrons. The Hall–Kier alpha value is -3.73. The van der Waals surface area contributed by atoms with Gasteiger partial charge in [0.15, 0.2) is 0 Å². The number of rotatable bonds is 6. The Labute approximate surface area is 194 Å². The maximum atomic E-state index is 6.26. The highest BCUT2D eigenvalue weighted by Gasteiger charge is 2.12. The molecule has 0 saturated heterocycles. The average molecular weight is 434 g/mol. The standard InChI is InChI=1S/C19H20N4.C4H7N.2C2H6/c1-13-9-10-14(2)18(11-13)22-15(3)17-12-21-23(19(17)20)16-7-5-4-6-8-16;1-3-5-4-2;2*1-2/h4-12,22H,3,20H2,1-2H3;3-5H,1-2H2;2*1-2H3. The van der Waals surface area contributed by atoms with Crippen molar-refractivity contribution in [2.75, 3.05) is 11.1 Å². The van der Waals surface area contributed by atoms with Crippen molar-refractivity contribution in [3.05, 3.63) is 104 Å². The van der Waals surface area contributed by atoms with Crippen molar-refractivity contribution in [2.24, 2.45) is 0 Å². The summed E-state index contributed by atoms with van der Waals surface area (Å²) in [5, 5.41) is 10.4. The van der Waals surface area contributed by atoms with Gasteiger partial charge in [-0.2, -0.15) is 5.10 Å². The Morgan fingerprint density at radius 2 is 1.56 bits per heavy atom. The molecule has 0 spiro atoms. The third-order valence-electron chi connectivity index (χ3n) is 4.05. The van der Waals surface area contributed by atoms with E-state index >= 15 is 0 Å². The lowest BCUT2D eigenvalue weighted by Gasteiger charge is -2.13. The molecule has 32 heavy (non-hydrogen) atoms. The molecule has 0 amide bonds. The quantitative estimate of drug-likeness (QED) is 0.389. The minimum atomic E-state index is 0.569. The highest BCUT2D eigenvalue weighted by molar-refractivity contribution is 5.81. The number of benzene rings is 2. The molecular formula is C27H39N5. The maximum Gasteiger partial charge on any atom is 0.136 e. The molecule has 3 aromatic rings. The monoisotopic (exact) mass is 433 g/mol. The van der Waals surface area contributed by atoms with Crippen molar-refractivity contribution in [1.29, 1.82) is 0 Å². The number of nitrogen functional groups attached to an aromatic ring is 1. The molecule has 2 aromatic carbocycles. The molecule has 3 rings (SSSR count). The zero-order chi connectivity index (χ0) is 24.5. The van der Waals surface area contributed by atoms with Gasteiger partial charge >= 0.3 is 0 Å². The van der Waals surface area contributed by atoms with Crippen molar-refractivity contribution in [1.82, 2.24) is 15.1 Å². The molecule has 1 aromatic heterocycles. The normalized spacial score (nSPS) is 8.81. The van der Waals surface area contributed by atoms with E-state index in [1.165, 1.54) is 5.56 Å². The van der Waals surface area contributed by atoms with Gasteiger partial charge in [0.2, 0.25) is 0 Å². The van der Waals surface area contributed by atoms with Crippen LogP contribution in [0.5, 0.6) is 0 Å². The molecule has 0 aliphatic rings. The molecule has 0 atom stereocenters. The first kappa shape index (κ1) is 28.3. The van der Waals surface area contributed by atoms with Crippen molar-refractivity contribution < 1.29 is 0 Å². The number of hydrogen-bond donors (Lipinski definition) is 3. The topological polar surface area (TPSA) is 67.9 Å². The van der Waals surface area contributed by atoms with Gasteiger partial charge in [0.05, 0.1) is 17.4 Å². The van der Waals surface area contributed by atoms with E-state index in [1.807, 2.05) is 58.0 Å². The highest BCUT2D eigenvalue weighted by atomic mass is 15.3. The van der Waals surface area contributed by atoms with Crippen molar-refractivity contribution in [3.8, 4) is 5.69 Å². The molecule has 0 aliphatic heterocycles. The number of para-hydroxylation sites is 1. The van der Waals surface area contributed by atoms with E-state index in [4.69, 9.17) is 5.73 Å². The summed E-state index contributed by atoms with van der Waals surface area (Å²) in [5.74, 6) is 0.569. The van der Waals surface area contributed by atoms with Gasteiger partial charge < -0.3 is 16.4 Å². The lowest BCUT2D eigenvalue weighted by molar-refractivity contribution is 0.891. The van der Waals surface area contributed by atoms with Gasteiger partial charge in [-0.3, -0.25) is 0 Å². The van der Waals surface area contributed by atoms with E-state index in [0.717, 1.165) is 28.2 Å². The van der Waals surface area contributed by atoms with Crippen LogP contribution in [-0.2, 0) is 0 Å². The van der Waals surface area contributed by atoms with Crippen LogP contribution in [-0.4, -0.2) is 9.78 Å². The SMILES string of the molecule is C=C(Nc1cc(C)ccc1C)c1cnn(-c2ccccc2)c1N.C=CNC=C.CC.CC. The molecule has 4 N–H and O–H groups in total. The lowest BCUT2D eigenvalue weighted by atomic mass is 10.1. The Bertz CT molecular complexity index is 949. The Balaban J connectivity index is 0.000000928. The number of hydrogen-bond acceptors (Lipinski definition) is 4. The molecule has 0 saturated carbocycles. The fourth-order valence-corrected chi connectivity index (χ4v) is 2.55. The first-order valence-corrected chi connectivity index (χ1v) is 10.9. The second-order valence-corrected chi connectivity index (χ2v) is 6.19. The van der Waals surface area contributed by atoms with Crippen LogP contribution in [0.1, 0.15) is 44.4 Å². The van der Waals surface area contributed by atoms with Crippen molar-refractivity contribution >= 4 is 17.2 Å². The second-order valence-electron chi connectivity index (χ2n) is 6.19. The Morgan fingerprint density at radius 3 is 2.09 bits per heavy atom. The van der Waals surface area contributed by atoms with Crippen molar-refractivity contribution in [2.45, 2.75) is 41.5 Å². The first-order valence-electron chi connectivity index (χ1n) is 10.9. The van der Waals surface area contributed by atoms with Gasteiger partial charge in [-0.25, -0.2) is 4.68 Å². The minimum absolute atomic E-state index is 0.569. The predicted octanol–water partition coefficient (Wildman–Crippen LogP) is 7.07. The first-order chi connectivity index (χ1) is 15.5. The summed E-state index contributed by atoms with van der Waals surface area (Å²) in [4.78, 5) is 0. The molecule has 5 nitrogen and oxygen atoms in total. The molecule has 0 aliphatic carbocycles. The highest BCUT2D eigenvalue weighted by Crippen LogP contribution is 2.26. The average Bonchev–Trinajstić information content (AvgIpc) is 3.22. The minimum Gasteiger partial charge on any atom is -0.383 e. The largest absolute Gasteiger partial charge is 0.383 e. The summed E-state index contributed by atoms with van der Waals surface area (Å²) in [6.45, 7) is 23.0. The van der Waals surface area contributed by atoms with Gasteiger partial charge in [0.25, 0.3) is 0 Å². The van der Waals surface area contributed by atoms with Crippen LogP contribution in [0.3, 0.4) is 0 Å². The van der Waals surface area contributed by atoms with E-state index in [2.05, 4.69) is 67.5 Å². The van der Waals surface area contributed by atoms with Crippen LogP contribution in [0.2, 0.25) is 0 Å². The summed E-state index contributed by atoms with van der Waals surface area (Å²) < 4.78 is 1.71. The molecular weight excluding hydrogens is 394 g/mol. The fraction of sp³-hybridized carbons (Fsp3) is 0.222. The van der Waals surface area contributed by atoms with Crippen molar-refractivity contribution in [3.63, 3.8) is 0 Å². The predicted molar refractivity (Wildman–Crippen MR) is 143 cm³/mol. The second kappa shape index (κ2) is 16.0. The van der Waals surface area contributed by atoms with E-state index < -0.39 is 0 Å². The molecule has 5 heteroatoms. The molecule has 0 unspecified atom stereocenters. The zero-order valence-electron chi connectivity index (χ0n) is 20.4. The number of nitrogens with two attached hydrogens (primary N) is 1. The maximum absolute atomic E-state index is 6.26. The van der Waals surface area contributed by atoms with E-state index in [-0.39, 0.29) is 0 Å². The number of nitrogens with one attached hydrogen (secondary N) is 2. The number of aryl methyl sites for hydroxylation is 2. The summed E-state index contributed by atoms with van der Waals surface area (Å²) in [7, 11) is 0. The summed E-state index contributed by atoms with van der Waals surface area (Å²) in [6, 6.07) is 16.1. The van der Waals surface area contributed by atoms with Crippen LogP contribution in [0.4, 0.5) is 11.5 Å². The van der Waals surface area contributed by atoms with Crippen LogP contribution in [0.15, 0.2) is 86.9 Å². The van der Waals surface area contributed by atoms with Crippen LogP contribution in [0, 0.1) is 13.8 Å². The van der Waals surface area contributed by atoms with E-state index in [9.17, 15) is 0 Å². The van der Waals surface area contributed by atoms with E-state index in [0.29, 0.717) is 5.82 Å². The van der Waals surface area contributed by atoms with Crippen LogP contribution in [0.25, 0.3) is 11.4 Å². The van der Waals surface area contributed by atoms with Crippen LogP contribution >= 0.6 is 0 Å². The number of anilines is 2. The van der Waals surface area contributed by atoms with Gasteiger partial charge in [0, 0.05) is 11.4 Å². The van der Waals surface area contributed by atoms with Gasteiger partial charge in [-0.15, -0.1) is 0 Å². The smallest absolute Gasteiger partial charge is 0.136 e. The molecule has 0 bridgehead atoms. The van der Waals surface area contributed by atoms with Gasteiger partial charge in [-0.1, -0.05) is 77.8 Å². The molecule has 1 heterocycles. The number of nitrogens with zero attached hydrogens (tertiary/aromatic N) is 2. The summed E-state index contributed by atoms with van der Waals surface area (Å²) in [5.41, 5.74) is 12.1. The Kier molecular flexibility index (Phi) is 14.2. The van der Waals surface area contributed by atoms with Gasteiger partial charge in [0.1, 0.15) is 5.82 Å². The molecule has 0 fully saturated rings. The third kappa shape index (κ3) is 8.56. The van der Waals surface area contributed by atoms with Crippen LogP contribution < -0.4 is 16.4 Å². The van der Waals surface area contributed by atoms with Gasteiger partial charge in [-0.05, 0) is 55.6 Å². The number of aromatic nitrogens is 2. The Morgan fingerprint density at radius 1 is 0.969 bits per heavy atom. The fourth-order valence-electron chi connectivity index (χ4n) is 2.55. The summed E-state index contributed by atoms with van der Waals surface area (Å²) in [6.07, 6.45) is 4.86.